The Morgan fingerprint density at radius 3 is 2.30 bits per heavy atom. The van der Waals surface area contributed by atoms with Crippen molar-refractivity contribution in [2.24, 2.45) is 5.14 Å². The summed E-state index contributed by atoms with van der Waals surface area (Å²) in [5, 5.41) is 5.08. The van der Waals surface area contributed by atoms with Gasteiger partial charge in [-0.25, -0.2) is 9.53 Å². The van der Waals surface area contributed by atoms with Crippen LogP contribution in [-0.2, 0) is 21.5 Å². The summed E-state index contributed by atoms with van der Waals surface area (Å²) in [6, 6.07) is 6.01. The normalized spacial score (nSPS) is 17.2. The number of nitrogens with two attached hydrogens (primary N) is 1. The molecule has 1 saturated heterocycles. The molecule has 1 fully saturated rings. The van der Waals surface area contributed by atoms with Gasteiger partial charge in [0.05, 0.1) is 6.54 Å². The summed E-state index contributed by atoms with van der Waals surface area (Å²) in [5.74, 6) is -0.381. The van der Waals surface area contributed by atoms with Gasteiger partial charge in [-0.2, -0.15) is 12.7 Å². The van der Waals surface area contributed by atoms with Crippen molar-refractivity contribution in [3.63, 3.8) is 0 Å². The number of rotatable bonds is 5. The first-order valence-corrected chi connectivity index (χ1v) is 8.74. The second-order valence-electron chi connectivity index (χ2n) is 5.60. The van der Waals surface area contributed by atoms with Crippen LogP contribution in [0.15, 0.2) is 24.3 Å². The fraction of sp³-hybridized carbons (Fsp3) is 0.500. The third kappa shape index (κ3) is 5.24. The zero-order chi connectivity index (χ0) is 17.0. The number of likely N-dealkylation sites (N-methyl/N-ethyl adjacent to an activating group) is 1. The van der Waals surface area contributed by atoms with Gasteiger partial charge in [-0.1, -0.05) is 12.1 Å². The van der Waals surface area contributed by atoms with Gasteiger partial charge in [-0.05, 0) is 17.7 Å². The first kappa shape index (κ1) is 17.8. The zero-order valence-corrected chi connectivity index (χ0v) is 13.8. The molecule has 0 aliphatic carbocycles. The van der Waals surface area contributed by atoms with Crippen LogP contribution in [0.2, 0.25) is 0 Å². The molecular weight excluding hydrogens is 323 g/mol. The highest BCUT2D eigenvalue weighted by molar-refractivity contribution is 7.86. The first-order chi connectivity index (χ1) is 10.8. The van der Waals surface area contributed by atoms with Gasteiger partial charge in [-0.15, -0.1) is 0 Å². The molecular formula is C14H21FN4O3S. The predicted molar refractivity (Wildman–Crippen MR) is 84.0 cm³/mol. The predicted octanol–water partition coefficient (Wildman–Crippen LogP) is -0.395. The highest BCUT2D eigenvalue weighted by Gasteiger charge is 2.25. The van der Waals surface area contributed by atoms with E-state index in [0.717, 1.165) is 5.56 Å². The number of piperazine rings is 1. The van der Waals surface area contributed by atoms with Crippen LogP contribution in [0.3, 0.4) is 0 Å². The first-order valence-electron chi connectivity index (χ1n) is 7.24. The van der Waals surface area contributed by atoms with Crippen molar-refractivity contribution >= 4 is 16.1 Å². The molecule has 128 valence electrons. The molecule has 0 radical (unpaired) electrons. The highest BCUT2D eigenvalue weighted by Crippen LogP contribution is 2.08. The van der Waals surface area contributed by atoms with Crippen LogP contribution in [0.25, 0.3) is 0 Å². The summed E-state index contributed by atoms with van der Waals surface area (Å²) < 4.78 is 36.5. The van der Waals surface area contributed by atoms with Crippen LogP contribution in [0.5, 0.6) is 0 Å². The molecule has 7 nitrogen and oxygen atoms in total. The Balaban J connectivity index is 1.81. The van der Waals surface area contributed by atoms with Gasteiger partial charge < -0.3 is 4.90 Å². The maximum Gasteiger partial charge on any atom is 0.276 e. The van der Waals surface area contributed by atoms with Crippen LogP contribution in [0.4, 0.5) is 4.39 Å². The Morgan fingerprint density at radius 1 is 1.22 bits per heavy atom. The average Bonchev–Trinajstić information content (AvgIpc) is 2.49. The lowest BCUT2D eigenvalue weighted by atomic mass is 10.2. The zero-order valence-electron chi connectivity index (χ0n) is 13.0. The van der Waals surface area contributed by atoms with Gasteiger partial charge in [0.25, 0.3) is 10.2 Å². The van der Waals surface area contributed by atoms with Crippen molar-refractivity contribution in [3.05, 3.63) is 35.6 Å². The smallest absolute Gasteiger partial charge is 0.276 e. The molecule has 0 atom stereocenters. The average molecular weight is 344 g/mol. The van der Waals surface area contributed by atoms with Crippen LogP contribution < -0.4 is 5.14 Å². The van der Waals surface area contributed by atoms with Gasteiger partial charge >= 0.3 is 0 Å². The molecule has 0 aromatic heterocycles. The number of hydrogen-bond acceptors (Lipinski definition) is 4. The molecule has 1 aliphatic heterocycles. The number of hydrogen-bond donors (Lipinski definition) is 1. The number of carbonyl (C=O) groups is 1. The van der Waals surface area contributed by atoms with Crippen molar-refractivity contribution in [2.75, 3.05) is 39.8 Å². The second kappa shape index (κ2) is 7.35. The van der Waals surface area contributed by atoms with Crippen molar-refractivity contribution in [2.45, 2.75) is 6.54 Å². The summed E-state index contributed by atoms with van der Waals surface area (Å²) in [6.07, 6.45) is 0. The molecule has 9 heteroatoms. The minimum atomic E-state index is -3.66. The number of carbonyl (C=O) groups excluding carboxylic acids is 1. The maximum atomic E-state index is 12.9. The Hall–Kier alpha value is -1.55. The Labute approximate surface area is 135 Å². The van der Waals surface area contributed by atoms with Crippen molar-refractivity contribution in [1.29, 1.82) is 0 Å². The molecule has 0 saturated carbocycles. The molecule has 1 aromatic rings. The van der Waals surface area contributed by atoms with Crippen molar-refractivity contribution < 1.29 is 17.6 Å². The van der Waals surface area contributed by atoms with Gasteiger partial charge in [0.15, 0.2) is 0 Å². The van der Waals surface area contributed by atoms with E-state index >= 15 is 0 Å². The van der Waals surface area contributed by atoms with E-state index in [0.29, 0.717) is 19.6 Å². The monoisotopic (exact) mass is 344 g/mol. The van der Waals surface area contributed by atoms with Crippen LogP contribution >= 0.6 is 0 Å². The molecule has 0 spiro atoms. The third-order valence-corrected chi connectivity index (χ3v) is 4.89. The molecule has 23 heavy (non-hydrogen) atoms. The maximum absolute atomic E-state index is 12.9. The van der Waals surface area contributed by atoms with Crippen molar-refractivity contribution in [3.8, 4) is 0 Å². The van der Waals surface area contributed by atoms with E-state index in [-0.39, 0.29) is 31.4 Å². The van der Waals surface area contributed by atoms with E-state index in [2.05, 4.69) is 0 Å². The van der Waals surface area contributed by atoms with E-state index in [1.54, 1.807) is 24.1 Å². The van der Waals surface area contributed by atoms with Crippen molar-refractivity contribution in [1.82, 2.24) is 14.1 Å². The van der Waals surface area contributed by atoms with Gasteiger partial charge in [-0.3, -0.25) is 9.69 Å². The summed E-state index contributed by atoms with van der Waals surface area (Å²) in [7, 11) is -1.97. The van der Waals surface area contributed by atoms with E-state index in [1.165, 1.54) is 16.4 Å². The fourth-order valence-electron chi connectivity index (χ4n) is 2.41. The SMILES string of the molecule is CN(Cc1ccc(F)cc1)C(=O)CN1CCN(S(N)(=O)=O)CC1. The molecule has 1 aliphatic rings. The quantitative estimate of drug-likeness (QED) is 0.788. The molecule has 1 aromatic carbocycles. The largest absolute Gasteiger partial charge is 0.340 e. The van der Waals surface area contributed by atoms with E-state index in [1.807, 2.05) is 4.90 Å². The number of halogens is 1. The van der Waals surface area contributed by atoms with E-state index in [4.69, 9.17) is 5.14 Å². The van der Waals surface area contributed by atoms with Crippen LogP contribution in [0.1, 0.15) is 5.56 Å². The molecule has 0 bridgehead atoms. The minimum absolute atomic E-state index is 0.0709. The van der Waals surface area contributed by atoms with Gasteiger partial charge in [0, 0.05) is 39.8 Å². The molecule has 2 N–H and O–H groups in total. The Bertz CT molecular complexity index is 642. The van der Waals surface area contributed by atoms with E-state index in [9.17, 15) is 17.6 Å². The highest BCUT2D eigenvalue weighted by atomic mass is 32.2. The number of amides is 1. The molecule has 0 unspecified atom stereocenters. The van der Waals surface area contributed by atoms with Crippen LogP contribution in [0, 0.1) is 5.82 Å². The van der Waals surface area contributed by atoms with Gasteiger partial charge in [0.1, 0.15) is 5.82 Å². The van der Waals surface area contributed by atoms with Gasteiger partial charge in [0.2, 0.25) is 5.91 Å². The molecule has 1 heterocycles. The number of nitrogens with zero attached hydrogens (tertiary/aromatic N) is 3. The lowest BCUT2D eigenvalue weighted by Gasteiger charge is -2.33. The third-order valence-electron chi connectivity index (χ3n) is 3.81. The van der Waals surface area contributed by atoms with E-state index < -0.39 is 10.2 Å². The molecule has 1 amide bonds. The topological polar surface area (TPSA) is 86.9 Å². The number of benzene rings is 1. The van der Waals surface area contributed by atoms with Crippen LogP contribution in [-0.4, -0.2) is 68.2 Å². The second-order valence-corrected chi connectivity index (χ2v) is 7.14. The minimum Gasteiger partial charge on any atom is -0.340 e. The fourth-order valence-corrected chi connectivity index (χ4v) is 3.08. The summed E-state index contributed by atoms with van der Waals surface area (Å²) in [5.41, 5.74) is 0.848. The summed E-state index contributed by atoms with van der Waals surface area (Å²) in [6.45, 7) is 2.12. The lowest BCUT2D eigenvalue weighted by molar-refractivity contribution is -0.131. The Morgan fingerprint density at radius 2 is 1.78 bits per heavy atom. The molecule has 2 rings (SSSR count). The summed E-state index contributed by atoms with van der Waals surface area (Å²) in [4.78, 5) is 15.7. The lowest BCUT2D eigenvalue weighted by Crippen LogP contribution is -2.52. The Kier molecular flexibility index (Phi) is 5.69. The summed E-state index contributed by atoms with van der Waals surface area (Å²) >= 11 is 0. The standard InChI is InChI=1S/C14H21FN4O3S/c1-17(10-12-2-4-13(15)5-3-12)14(20)11-18-6-8-19(9-7-18)23(16,21)22/h2-5H,6-11H2,1H3,(H2,16,21,22).